The van der Waals surface area contributed by atoms with E-state index in [-0.39, 0.29) is 12.2 Å². The van der Waals surface area contributed by atoms with Gasteiger partial charge in [-0.1, -0.05) is 0 Å². The Kier molecular flexibility index (Phi) is 3.99. The fourth-order valence-electron chi connectivity index (χ4n) is 0.340. The highest BCUT2D eigenvalue weighted by molar-refractivity contribution is 5.74. The van der Waals surface area contributed by atoms with Gasteiger partial charge in [-0.2, -0.15) is 0 Å². The van der Waals surface area contributed by atoms with Gasteiger partial charge >= 0.3 is 5.97 Å². The molecule has 0 radical (unpaired) electrons. The van der Waals surface area contributed by atoms with Gasteiger partial charge in [0.15, 0.2) is 0 Å². The van der Waals surface area contributed by atoms with Crippen LogP contribution in [-0.4, -0.2) is 25.3 Å². The normalized spacial score (nSPS) is 16.0. The smallest absolute Gasteiger partial charge is 0.324 e. The molecule has 3 N–H and O–H groups in total. The topological polar surface area (TPSA) is 64.3 Å². The molecule has 2 atom stereocenters. The number of carbonyl (C=O) groups is 1. The van der Waals surface area contributed by atoms with E-state index >= 15 is 0 Å². The van der Waals surface area contributed by atoms with Gasteiger partial charge in [-0.25, -0.2) is 0 Å². The number of hydrogen-bond donors (Lipinski definition) is 2. The molecule has 10 heavy (non-hydrogen) atoms. The molecule has 0 aromatic heterocycles. The molecule has 4 nitrogen and oxygen atoms in total. The van der Waals surface area contributed by atoms with Crippen molar-refractivity contribution in [1.29, 1.82) is 0 Å². The van der Waals surface area contributed by atoms with E-state index in [1.807, 2.05) is 0 Å². The van der Waals surface area contributed by atoms with Crippen molar-refractivity contribution in [3.8, 4) is 0 Å². The molecule has 0 aromatic carbocycles. The van der Waals surface area contributed by atoms with E-state index in [0.29, 0.717) is 0 Å². The van der Waals surface area contributed by atoms with Crippen LogP contribution in [-0.2, 0) is 9.53 Å². The minimum absolute atomic E-state index is 0.265. The summed E-state index contributed by atoms with van der Waals surface area (Å²) in [7, 11) is 1.71. The van der Waals surface area contributed by atoms with Crippen LogP contribution in [0.4, 0.5) is 0 Å². The lowest BCUT2D eigenvalue weighted by molar-refractivity contribution is -0.150. The summed E-state index contributed by atoms with van der Waals surface area (Å²) in [4.78, 5) is 10.7. The zero-order chi connectivity index (χ0) is 8.15. The summed E-state index contributed by atoms with van der Waals surface area (Å²) in [6.45, 7) is 3.32. The van der Waals surface area contributed by atoms with Gasteiger partial charge in [-0.3, -0.25) is 10.1 Å². The van der Waals surface area contributed by atoms with Gasteiger partial charge < -0.3 is 10.5 Å². The van der Waals surface area contributed by atoms with Gasteiger partial charge in [0, 0.05) is 0 Å². The van der Waals surface area contributed by atoms with Gasteiger partial charge in [-0.15, -0.1) is 0 Å². The van der Waals surface area contributed by atoms with Gasteiger partial charge in [0.1, 0.15) is 12.3 Å². The predicted octanol–water partition coefficient (Wildman–Crippen LogP) is -0.558. The molecule has 0 heterocycles. The highest BCUT2D eigenvalue weighted by Crippen LogP contribution is 1.88. The summed E-state index contributed by atoms with van der Waals surface area (Å²) in [5, 5.41) is 2.75. The Labute approximate surface area is 60.7 Å². The maximum absolute atomic E-state index is 10.7. The standard InChI is InChI=1S/C6H14N2O2/c1-4(7)6(9)10-5(2)8-3/h4-5,8H,7H2,1-3H3. The number of ether oxygens (including phenoxy) is 1. The summed E-state index contributed by atoms with van der Waals surface area (Å²) in [6.07, 6.45) is -0.265. The molecule has 0 aliphatic rings. The monoisotopic (exact) mass is 146 g/mol. The van der Waals surface area contributed by atoms with Crippen molar-refractivity contribution in [3.63, 3.8) is 0 Å². The van der Waals surface area contributed by atoms with E-state index in [2.05, 4.69) is 5.32 Å². The average Bonchev–Trinajstić information content (AvgIpc) is 1.87. The van der Waals surface area contributed by atoms with Crippen LogP contribution in [0.5, 0.6) is 0 Å². The SMILES string of the molecule is CNC(C)OC(=O)C(C)N. The number of nitrogens with two attached hydrogens (primary N) is 1. The predicted molar refractivity (Wildman–Crippen MR) is 38.3 cm³/mol. The fraction of sp³-hybridized carbons (Fsp3) is 0.833. The molecular weight excluding hydrogens is 132 g/mol. The molecule has 0 saturated carbocycles. The third kappa shape index (κ3) is 3.42. The Morgan fingerprint density at radius 3 is 2.40 bits per heavy atom. The fourth-order valence-corrected chi connectivity index (χ4v) is 0.340. The Balaban J connectivity index is 3.57. The van der Waals surface area contributed by atoms with Crippen molar-refractivity contribution in [3.05, 3.63) is 0 Å². The van der Waals surface area contributed by atoms with Crippen LogP contribution in [0.1, 0.15) is 13.8 Å². The molecule has 0 aliphatic heterocycles. The van der Waals surface area contributed by atoms with Crippen LogP contribution in [0.2, 0.25) is 0 Å². The maximum atomic E-state index is 10.7. The van der Waals surface area contributed by atoms with Crippen LogP contribution < -0.4 is 11.1 Å². The molecule has 0 aliphatic carbocycles. The summed E-state index contributed by atoms with van der Waals surface area (Å²) in [5.41, 5.74) is 5.24. The van der Waals surface area contributed by atoms with Crippen LogP contribution in [0.3, 0.4) is 0 Å². The third-order valence-electron chi connectivity index (χ3n) is 1.07. The molecule has 0 spiro atoms. The van der Waals surface area contributed by atoms with E-state index in [9.17, 15) is 4.79 Å². The van der Waals surface area contributed by atoms with Crippen molar-refractivity contribution in [2.45, 2.75) is 26.1 Å². The van der Waals surface area contributed by atoms with Crippen LogP contribution >= 0.6 is 0 Å². The van der Waals surface area contributed by atoms with Crippen LogP contribution in [0.15, 0.2) is 0 Å². The minimum Gasteiger partial charge on any atom is -0.446 e. The van der Waals surface area contributed by atoms with Crippen molar-refractivity contribution in [2.24, 2.45) is 5.73 Å². The first-order valence-corrected chi connectivity index (χ1v) is 3.21. The second-order valence-corrected chi connectivity index (χ2v) is 2.16. The number of nitrogens with one attached hydrogen (secondary N) is 1. The molecule has 0 amide bonds. The molecule has 0 aromatic rings. The molecular formula is C6H14N2O2. The number of hydrogen-bond acceptors (Lipinski definition) is 4. The highest BCUT2D eigenvalue weighted by atomic mass is 16.6. The van der Waals surface area contributed by atoms with Crippen molar-refractivity contribution >= 4 is 5.97 Å². The van der Waals surface area contributed by atoms with E-state index < -0.39 is 6.04 Å². The molecule has 0 bridgehead atoms. The van der Waals surface area contributed by atoms with Gasteiger partial charge in [0.25, 0.3) is 0 Å². The van der Waals surface area contributed by atoms with Crippen molar-refractivity contribution in [2.75, 3.05) is 7.05 Å². The number of carbonyl (C=O) groups excluding carboxylic acids is 1. The van der Waals surface area contributed by atoms with Gasteiger partial charge in [0.05, 0.1) is 0 Å². The highest BCUT2D eigenvalue weighted by Gasteiger charge is 2.10. The Morgan fingerprint density at radius 1 is 1.60 bits per heavy atom. The molecule has 60 valence electrons. The van der Waals surface area contributed by atoms with E-state index in [4.69, 9.17) is 10.5 Å². The van der Waals surface area contributed by atoms with Crippen LogP contribution in [0, 0.1) is 0 Å². The second kappa shape index (κ2) is 4.24. The lowest BCUT2D eigenvalue weighted by Crippen LogP contribution is -2.35. The zero-order valence-electron chi connectivity index (χ0n) is 6.55. The Bertz CT molecular complexity index is 114. The quantitative estimate of drug-likeness (QED) is 0.414. The third-order valence-corrected chi connectivity index (χ3v) is 1.07. The summed E-state index contributed by atoms with van der Waals surface area (Å²) in [5.74, 6) is -0.387. The summed E-state index contributed by atoms with van der Waals surface area (Å²) in [6, 6.07) is -0.546. The first-order valence-electron chi connectivity index (χ1n) is 3.21. The van der Waals surface area contributed by atoms with E-state index in [1.165, 1.54) is 0 Å². The minimum atomic E-state index is -0.546. The molecule has 0 fully saturated rings. The first kappa shape index (κ1) is 9.39. The number of esters is 1. The maximum Gasteiger partial charge on any atom is 0.324 e. The largest absolute Gasteiger partial charge is 0.446 e. The molecule has 2 unspecified atom stereocenters. The van der Waals surface area contributed by atoms with Crippen molar-refractivity contribution in [1.82, 2.24) is 5.32 Å². The van der Waals surface area contributed by atoms with E-state index in [1.54, 1.807) is 20.9 Å². The van der Waals surface area contributed by atoms with Gasteiger partial charge in [0.2, 0.25) is 0 Å². The number of rotatable bonds is 3. The van der Waals surface area contributed by atoms with Crippen molar-refractivity contribution < 1.29 is 9.53 Å². The van der Waals surface area contributed by atoms with E-state index in [0.717, 1.165) is 0 Å². The zero-order valence-corrected chi connectivity index (χ0v) is 6.55. The summed E-state index contributed by atoms with van der Waals surface area (Å²) >= 11 is 0. The average molecular weight is 146 g/mol. The second-order valence-electron chi connectivity index (χ2n) is 2.16. The lowest BCUT2D eigenvalue weighted by Gasteiger charge is -2.12. The Hall–Kier alpha value is -0.610. The molecule has 4 heteroatoms. The molecule has 0 rings (SSSR count). The molecule has 0 saturated heterocycles. The van der Waals surface area contributed by atoms with Gasteiger partial charge in [-0.05, 0) is 20.9 Å². The first-order chi connectivity index (χ1) is 4.57. The van der Waals surface area contributed by atoms with Crippen LogP contribution in [0.25, 0.3) is 0 Å². The lowest BCUT2D eigenvalue weighted by atomic mass is 10.4. The Morgan fingerprint density at radius 2 is 2.10 bits per heavy atom. The summed E-state index contributed by atoms with van der Waals surface area (Å²) < 4.78 is 4.79.